The third kappa shape index (κ3) is 3.06. The molecule has 0 aliphatic rings. The fourth-order valence-electron chi connectivity index (χ4n) is 1.42. The van der Waals surface area contributed by atoms with Gasteiger partial charge in [0.05, 0.1) is 24.0 Å². The second-order valence-corrected chi connectivity index (χ2v) is 5.39. The summed E-state index contributed by atoms with van der Waals surface area (Å²) in [5.41, 5.74) is 3.43. The maximum atomic E-state index is 12.0. The number of aromatic nitrogens is 1. The minimum atomic E-state index is -0.185. The van der Waals surface area contributed by atoms with Crippen LogP contribution < -0.4 is 16.6 Å². The average molecular weight is 327 g/mol. The van der Waals surface area contributed by atoms with Crippen molar-refractivity contribution in [1.82, 2.24) is 10.3 Å². The lowest BCUT2D eigenvalue weighted by Crippen LogP contribution is -2.24. The maximum absolute atomic E-state index is 12.0. The Morgan fingerprint density at radius 3 is 3.06 bits per heavy atom. The van der Waals surface area contributed by atoms with E-state index in [2.05, 4.69) is 31.7 Å². The van der Waals surface area contributed by atoms with Crippen LogP contribution in [0.3, 0.4) is 0 Å². The van der Waals surface area contributed by atoms with Crippen molar-refractivity contribution in [2.75, 3.05) is 5.43 Å². The monoisotopic (exact) mass is 326 g/mol. The molecule has 1 amide bonds. The molecular weight excluding hydrogens is 316 g/mol. The SMILES string of the molecule is NNc1cnccc1C(=O)NCc1cc(Br)cs1. The van der Waals surface area contributed by atoms with Gasteiger partial charge in [0, 0.05) is 20.9 Å². The molecule has 0 spiro atoms. The van der Waals surface area contributed by atoms with Crippen molar-refractivity contribution in [3.8, 4) is 0 Å². The number of nitrogens with two attached hydrogens (primary N) is 1. The predicted molar refractivity (Wildman–Crippen MR) is 75.2 cm³/mol. The summed E-state index contributed by atoms with van der Waals surface area (Å²) in [5.74, 6) is 5.14. The molecule has 0 unspecified atom stereocenters. The number of halogens is 1. The fraction of sp³-hybridized carbons (Fsp3) is 0.0909. The van der Waals surface area contributed by atoms with Crippen molar-refractivity contribution < 1.29 is 4.79 Å². The van der Waals surface area contributed by atoms with E-state index >= 15 is 0 Å². The number of nitrogen functional groups attached to an aromatic ring is 1. The molecule has 2 rings (SSSR count). The van der Waals surface area contributed by atoms with E-state index in [0.717, 1.165) is 9.35 Å². The van der Waals surface area contributed by atoms with Gasteiger partial charge in [-0.15, -0.1) is 11.3 Å². The summed E-state index contributed by atoms with van der Waals surface area (Å²) >= 11 is 4.95. The van der Waals surface area contributed by atoms with Crippen LogP contribution >= 0.6 is 27.3 Å². The van der Waals surface area contributed by atoms with Crippen LogP contribution in [-0.4, -0.2) is 10.9 Å². The van der Waals surface area contributed by atoms with Crippen LogP contribution in [0.25, 0.3) is 0 Å². The molecule has 0 bridgehead atoms. The standard InChI is InChI=1S/C11H11BrN4OS/c12-7-3-8(18-6-7)4-15-11(17)9-1-2-14-5-10(9)16-13/h1-3,5-6,16H,4,13H2,(H,15,17). The van der Waals surface area contributed by atoms with Gasteiger partial charge in [-0.05, 0) is 28.1 Å². The van der Waals surface area contributed by atoms with E-state index in [0.29, 0.717) is 17.8 Å². The first-order valence-electron chi connectivity index (χ1n) is 5.12. The van der Waals surface area contributed by atoms with Gasteiger partial charge in [-0.1, -0.05) is 0 Å². The van der Waals surface area contributed by atoms with Crippen LogP contribution in [0.15, 0.2) is 34.4 Å². The first kappa shape index (κ1) is 13.0. The highest BCUT2D eigenvalue weighted by atomic mass is 79.9. The first-order chi connectivity index (χ1) is 8.70. The molecule has 0 saturated heterocycles. The van der Waals surface area contributed by atoms with Gasteiger partial charge >= 0.3 is 0 Å². The van der Waals surface area contributed by atoms with Gasteiger partial charge in [-0.2, -0.15) is 0 Å². The van der Waals surface area contributed by atoms with Gasteiger partial charge in [-0.25, -0.2) is 0 Å². The number of anilines is 1. The number of hydrogen-bond donors (Lipinski definition) is 3. The number of nitrogens with one attached hydrogen (secondary N) is 2. The summed E-state index contributed by atoms with van der Waals surface area (Å²) < 4.78 is 1.02. The molecule has 0 fully saturated rings. The summed E-state index contributed by atoms with van der Waals surface area (Å²) in [6, 6.07) is 3.59. The van der Waals surface area contributed by atoms with Crippen molar-refractivity contribution >= 4 is 38.9 Å². The zero-order valence-electron chi connectivity index (χ0n) is 9.31. The molecule has 2 aromatic rings. The smallest absolute Gasteiger partial charge is 0.253 e. The maximum Gasteiger partial charge on any atom is 0.253 e. The second-order valence-electron chi connectivity index (χ2n) is 3.48. The molecule has 5 nitrogen and oxygen atoms in total. The summed E-state index contributed by atoms with van der Waals surface area (Å²) in [6.07, 6.45) is 3.06. The van der Waals surface area contributed by atoms with E-state index in [1.54, 1.807) is 23.6 Å². The Bertz CT molecular complexity index is 557. The molecule has 0 saturated carbocycles. The quantitative estimate of drug-likeness (QED) is 0.594. The zero-order valence-corrected chi connectivity index (χ0v) is 11.7. The fourth-order valence-corrected chi connectivity index (χ4v) is 2.81. The van der Waals surface area contributed by atoms with Gasteiger partial charge < -0.3 is 10.7 Å². The molecule has 4 N–H and O–H groups in total. The van der Waals surface area contributed by atoms with E-state index in [1.165, 1.54) is 6.20 Å². The minimum Gasteiger partial charge on any atom is -0.347 e. The summed E-state index contributed by atoms with van der Waals surface area (Å²) in [5, 5.41) is 4.80. The van der Waals surface area contributed by atoms with Crippen molar-refractivity contribution in [3.63, 3.8) is 0 Å². The first-order valence-corrected chi connectivity index (χ1v) is 6.79. The highest BCUT2D eigenvalue weighted by Crippen LogP contribution is 2.19. The lowest BCUT2D eigenvalue weighted by atomic mass is 10.2. The number of carbonyl (C=O) groups is 1. The van der Waals surface area contributed by atoms with Crippen LogP contribution in [0.5, 0.6) is 0 Å². The Kier molecular flexibility index (Phi) is 4.29. The highest BCUT2D eigenvalue weighted by molar-refractivity contribution is 9.10. The molecule has 2 heterocycles. The topological polar surface area (TPSA) is 80.0 Å². The van der Waals surface area contributed by atoms with E-state index in [1.807, 2.05) is 11.4 Å². The van der Waals surface area contributed by atoms with E-state index in [-0.39, 0.29) is 5.91 Å². The molecule has 0 aliphatic carbocycles. The molecule has 18 heavy (non-hydrogen) atoms. The summed E-state index contributed by atoms with van der Waals surface area (Å²) in [4.78, 5) is 16.9. The predicted octanol–water partition coefficient (Wildman–Crippen LogP) is 2.12. The third-order valence-electron chi connectivity index (χ3n) is 2.27. The molecule has 2 aromatic heterocycles. The number of carbonyl (C=O) groups excluding carboxylic acids is 1. The number of pyridine rings is 1. The Morgan fingerprint density at radius 2 is 2.39 bits per heavy atom. The number of hydrazine groups is 1. The van der Waals surface area contributed by atoms with Crippen molar-refractivity contribution in [3.05, 3.63) is 44.8 Å². The third-order valence-corrected chi connectivity index (χ3v) is 3.96. The lowest BCUT2D eigenvalue weighted by molar-refractivity contribution is 0.0952. The highest BCUT2D eigenvalue weighted by Gasteiger charge is 2.10. The van der Waals surface area contributed by atoms with Crippen molar-refractivity contribution in [2.45, 2.75) is 6.54 Å². The van der Waals surface area contributed by atoms with Crippen LogP contribution in [0.4, 0.5) is 5.69 Å². The molecule has 0 radical (unpaired) electrons. The molecule has 7 heteroatoms. The van der Waals surface area contributed by atoms with Crippen LogP contribution in [0.1, 0.15) is 15.2 Å². The van der Waals surface area contributed by atoms with Gasteiger partial charge in [0.15, 0.2) is 0 Å². The van der Waals surface area contributed by atoms with E-state index in [4.69, 9.17) is 5.84 Å². The molecule has 0 aromatic carbocycles. The van der Waals surface area contributed by atoms with Crippen LogP contribution in [-0.2, 0) is 6.54 Å². The number of thiophene rings is 1. The Labute approximate surface area is 117 Å². The molecule has 94 valence electrons. The van der Waals surface area contributed by atoms with Gasteiger partial charge in [0.2, 0.25) is 0 Å². The molecular formula is C11H11BrN4OS. The van der Waals surface area contributed by atoms with Crippen LogP contribution in [0, 0.1) is 0 Å². The molecule has 0 atom stereocenters. The lowest BCUT2D eigenvalue weighted by Gasteiger charge is -2.08. The van der Waals surface area contributed by atoms with Crippen molar-refractivity contribution in [2.24, 2.45) is 5.84 Å². The molecule has 0 aliphatic heterocycles. The normalized spacial score (nSPS) is 10.1. The number of amides is 1. The van der Waals surface area contributed by atoms with Gasteiger partial charge in [0.1, 0.15) is 0 Å². The Morgan fingerprint density at radius 1 is 1.56 bits per heavy atom. The summed E-state index contributed by atoms with van der Waals surface area (Å²) in [6.45, 7) is 0.488. The van der Waals surface area contributed by atoms with Gasteiger partial charge in [0.25, 0.3) is 5.91 Å². The number of hydrogen-bond acceptors (Lipinski definition) is 5. The Hall–Kier alpha value is -1.44. The van der Waals surface area contributed by atoms with E-state index < -0.39 is 0 Å². The number of nitrogens with zero attached hydrogens (tertiary/aromatic N) is 1. The largest absolute Gasteiger partial charge is 0.347 e. The second kappa shape index (κ2) is 5.94. The van der Waals surface area contributed by atoms with Gasteiger partial charge in [-0.3, -0.25) is 15.6 Å². The summed E-state index contributed by atoms with van der Waals surface area (Å²) in [7, 11) is 0. The minimum absolute atomic E-state index is 0.185. The zero-order chi connectivity index (χ0) is 13.0. The number of rotatable bonds is 4. The van der Waals surface area contributed by atoms with Crippen LogP contribution in [0.2, 0.25) is 0 Å². The van der Waals surface area contributed by atoms with Crippen molar-refractivity contribution in [1.29, 1.82) is 0 Å². The Balaban J connectivity index is 2.03. The van der Waals surface area contributed by atoms with E-state index in [9.17, 15) is 4.79 Å². The average Bonchev–Trinajstić information content (AvgIpc) is 2.81.